The van der Waals surface area contributed by atoms with Gasteiger partial charge in [0.1, 0.15) is 12.6 Å². The van der Waals surface area contributed by atoms with Crippen LogP contribution in [-0.4, -0.2) is 51.0 Å². The molecule has 7 nitrogen and oxygen atoms in total. The summed E-state index contributed by atoms with van der Waals surface area (Å²) in [5, 5.41) is 2.89. The molecular formula is C22H24Cl2F3N3O4S. The van der Waals surface area contributed by atoms with Gasteiger partial charge in [-0.15, -0.1) is 0 Å². The molecule has 0 radical (unpaired) electrons. The molecule has 2 aromatic carbocycles. The number of rotatable bonds is 9. The van der Waals surface area contributed by atoms with Crippen molar-refractivity contribution >= 4 is 50.7 Å². The summed E-state index contributed by atoms with van der Waals surface area (Å²) in [6.07, 6.45) is -3.79. The lowest BCUT2D eigenvalue weighted by atomic mass is 10.1. The van der Waals surface area contributed by atoms with Crippen LogP contribution in [0.2, 0.25) is 10.0 Å². The average Bonchev–Trinajstić information content (AvgIpc) is 2.77. The zero-order chi connectivity index (χ0) is 26.6. The predicted molar refractivity (Wildman–Crippen MR) is 129 cm³/mol. The second-order valence-corrected chi connectivity index (χ2v) is 10.3. The topological polar surface area (TPSA) is 86.8 Å². The fourth-order valence-electron chi connectivity index (χ4n) is 3.39. The first-order valence-corrected chi connectivity index (χ1v) is 12.9. The number of alkyl halides is 3. The summed E-state index contributed by atoms with van der Waals surface area (Å²) in [7, 11) is -2.81. The maximum Gasteiger partial charge on any atom is 0.416 e. The Hall–Kier alpha value is -2.50. The summed E-state index contributed by atoms with van der Waals surface area (Å²) >= 11 is 12.5. The van der Waals surface area contributed by atoms with Crippen molar-refractivity contribution in [3.05, 3.63) is 63.6 Å². The van der Waals surface area contributed by atoms with Crippen molar-refractivity contribution in [2.24, 2.45) is 0 Å². The quantitative estimate of drug-likeness (QED) is 0.500. The molecule has 0 aliphatic heterocycles. The number of likely N-dealkylation sites (N-methyl/N-ethyl adjacent to an activating group) is 1. The van der Waals surface area contributed by atoms with Crippen LogP contribution in [0.1, 0.15) is 24.5 Å². The summed E-state index contributed by atoms with van der Waals surface area (Å²) in [5.41, 5.74) is -1.09. The van der Waals surface area contributed by atoms with Crippen LogP contribution in [0.3, 0.4) is 0 Å². The van der Waals surface area contributed by atoms with E-state index >= 15 is 0 Å². The Kier molecular flexibility index (Phi) is 9.43. The first kappa shape index (κ1) is 28.7. The fraction of sp³-hybridized carbons (Fsp3) is 0.364. The highest BCUT2D eigenvalue weighted by Gasteiger charge is 2.34. The third-order valence-corrected chi connectivity index (χ3v) is 7.01. The second-order valence-electron chi connectivity index (χ2n) is 7.58. The Labute approximate surface area is 211 Å². The molecule has 1 atom stereocenters. The maximum absolute atomic E-state index is 13.4. The van der Waals surface area contributed by atoms with Crippen LogP contribution in [0, 0.1) is 0 Å². The normalized spacial score (nSPS) is 12.7. The summed E-state index contributed by atoms with van der Waals surface area (Å²) < 4.78 is 65.2. The van der Waals surface area contributed by atoms with Crippen LogP contribution >= 0.6 is 23.2 Å². The summed E-state index contributed by atoms with van der Waals surface area (Å²) in [4.78, 5) is 27.1. The van der Waals surface area contributed by atoms with E-state index in [1.807, 2.05) is 0 Å². The van der Waals surface area contributed by atoms with Crippen molar-refractivity contribution in [1.29, 1.82) is 0 Å². The van der Waals surface area contributed by atoms with E-state index in [4.69, 9.17) is 23.2 Å². The minimum Gasteiger partial charge on any atom is -0.357 e. The van der Waals surface area contributed by atoms with E-state index in [9.17, 15) is 31.2 Å². The minimum absolute atomic E-state index is 0.163. The van der Waals surface area contributed by atoms with Gasteiger partial charge in [0.2, 0.25) is 21.8 Å². The van der Waals surface area contributed by atoms with E-state index in [-0.39, 0.29) is 28.7 Å². The van der Waals surface area contributed by atoms with Crippen LogP contribution in [-0.2, 0) is 32.3 Å². The SMILES string of the molecule is CCC(C(=O)NC)N(Cc1c(Cl)cccc1Cl)C(=O)CN(c1cccc(C(F)(F)F)c1)S(C)(=O)=O. The Balaban J connectivity index is 2.53. The van der Waals surface area contributed by atoms with Gasteiger partial charge in [-0.25, -0.2) is 8.42 Å². The number of benzene rings is 2. The molecule has 0 bridgehead atoms. The van der Waals surface area contributed by atoms with Gasteiger partial charge in [0, 0.05) is 29.2 Å². The number of anilines is 1. The molecule has 0 spiro atoms. The standard InChI is InChI=1S/C22H24Cl2F3N3O4S/c1-4-19(21(32)28-2)29(12-16-17(23)9-6-10-18(16)24)20(31)13-30(35(3,33)34)15-8-5-7-14(11-15)22(25,26)27/h5-11,19H,4,12-13H2,1-3H3,(H,28,32). The molecule has 0 fully saturated rings. The molecule has 192 valence electrons. The van der Waals surface area contributed by atoms with Gasteiger partial charge in [-0.1, -0.05) is 42.3 Å². The number of sulfonamides is 1. The first-order valence-electron chi connectivity index (χ1n) is 10.3. The van der Waals surface area contributed by atoms with E-state index in [1.165, 1.54) is 19.2 Å². The fourth-order valence-corrected chi connectivity index (χ4v) is 4.75. The number of halogens is 5. The molecule has 0 heterocycles. The van der Waals surface area contributed by atoms with Gasteiger partial charge in [0.05, 0.1) is 17.5 Å². The third kappa shape index (κ3) is 7.25. The van der Waals surface area contributed by atoms with Gasteiger partial charge >= 0.3 is 6.18 Å². The van der Waals surface area contributed by atoms with Gasteiger partial charge in [0.15, 0.2) is 0 Å². The molecule has 13 heteroatoms. The molecule has 0 saturated carbocycles. The second kappa shape index (κ2) is 11.5. The van der Waals surface area contributed by atoms with Gasteiger partial charge in [-0.3, -0.25) is 13.9 Å². The Bertz CT molecular complexity index is 1170. The number of hydrogen-bond acceptors (Lipinski definition) is 4. The molecule has 35 heavy (non-hydrogen) atoms. The van der Waals surface area contributed by atoms with Gasteiger partial charge in [-0.2, -0.15) is 13.2 Å². The summed E-state index contributed by atoms with van der Waals surface area (Å²) in [5.74, 6) is -1.35. The lowest BCUT2D eigenvalue weighted by Gasteiger charge is -2.33. The zero-order valence-electron chi connectivity index (χ0n) is 19.1. The molecule has 0 aromatic heterocycles. The lowest BCUT2D eigenvalue weighted by molar-refractivity contribution is -0.140. The van der Waals surface area contributed by atoms with Crippen LogP contribution < -0.4 is 9.62 Å². The van der Waals surface area contributed by atoms with Crippen molar-refractivity contribution < 1.29 is 31.2 Å². The molecule has 0 saturated heterocycles. The van der Waals surface area contributed by atoms with E-state index in [2.05, 4.69) is 5.32 Å². The van der Waals surface area contributed by atoms with Crippen molar-refractivity contribution in [3.8, 4) is 0 Å². The first-order chi connectivity index (χ1) is 16.2. The summed E-state index contributed by atoms with van der Waals surface area (Å²) in [6.45, 7) is 0.564. The average molecular weight is 554 g/mol. The monoisotopic (exact) mass is 553 g/mol. The number of carbonyl (C=O) groups is 2. The maximum atomic E-state index is 13.4. The van der Waals surface area contributed by atoms with Crippen molar-refractivity contribution in [2.45, 2.75) is 32.1 Å². The van der Waals surface area contributed by atoms with Gasteiger partial charge < -0.3 is 10.2 Å². The van der Waals surface area contributed by atoms with Crippen molar-refractivity contribution in [1.82, 2.24) is 10.2 Å². The van der Waals surface area contributed by atoms with E-state index in [1.54, 1.807) is 13.0 Å². The number of hydrogen-bond donors (Lipinski definition) is 1. The Morgan fingerprint density at radius 2 is 1.66 bits per heavy atom. The van der Waals surface area contributed by atoms with Gasteiger partial charge in [0.25, 0.3) is 0 Å². The Morgan fingerprint density at radius 1 is 1.09 bits per heavy atom. The molecular weight excluding hydrogens is 530 g/mol. The van der Waals surface area contributed by atoms with Gasteiger partial charge in [-0.05, 0) is 36.8 Å². The van der Waals surface area contributed by atoms with Crippen LogP contribution in [0.25, 0.3) is 0 Å². The zero-order valence-corrected chi connectivity index (χ0v) is 21.4. The minimum atomic E-state index is -4.72. The highest BCUT2D eigenvalue weighted by Crippen LogP contribution is 2.32. The smallest absolute Gasteiger partial charge is 0.357 e. The number of amides is 2. The molecule has 1 unspecified atom stereocenters. The van der Waals surface area contributed by atoms with Crippen molar-refractivity contribution in [3.63, 3.8) is 0 Å². The third-order valence-electron chi connectivity index (χ3n) is 5.16. The molecule has 2 amide bonds. The van der Waals surface area contributed by atoms with Crippen LogP contribution in [0.15, 0.2) is 42.5 Å². The lowest BCUT2D eigenvalue weighted by Crippen LogP contribution is -2.51. The van der Waals surface area contributed by atoms with E-state index < -0.39 is 46.2 Å². The van der Waals surface area contributed by atoms with Crippen LogP contribution in [0.4, 0.5) is 18.9 Å². The van der Waals surface area contributed by atoms with Crippen LogP contribution in [0.5, 0.6) is 0 Å². The number of carbonyl (C=O) groups excluding carboxylic acids is 2. The highest BCUT2D eigenvalue weighted by atomic mass is 35.5. The number of nitrogens with one attached hydrogen (secondary N) is 1. The molecule has 1 N–H and O–H groups in total. The molecule has 0 aliphatic rings. The molecule has 2 rings (SSSR count). The number of nitrogens with zero attached hydrogens (tertiary/aromatic N) is 2. The van der Waals surface area contributed by atoms with E-state index in [0.29, 0.717) is 15.9 Å². The van der Waals surface area contributed by atoms with E-state index in [0.717, 1.165) is 29.4 Å². The molecule has 2 aromatic rings. The highest BCUT2D eigenvalue weighted by molar-refractivity contribution is 7.92. The summed E-state index contributed by atoms with van der Waals surface area (Å²) in [6, 6.07) is 7.26. The molecule has 0 aliphatic carbocycles. The van der Waals surface area contributed by atoms with Crippen molar-refractivity contribution in [2.75, 3.05) is 24.2 Å². The predicted octanol–water partition coefficient (Wildman–Crippen LogP) is 4.33. The Morgan fingerprint density at radius 3 is 2.14 bits per heavy atom. The largest absolute Gasteiger partial charge is 0.416 e.